The van der Waals surface area contributed by atoms with E-state index in [2.05, 4.69) is 32.8 Å². The predicted molar refractivity (Wildman–Crippen MR) is 119 cm³/mol. The van der Waals surface area contributed by atoms with Gasteiger partial charge in [-0.25, -0.2) is 13.5 Å². The standard InChI is InChI=1S/C24H25BF2N2O2/c1-23(2)15-25(31-24(23,3)4)18-7-5-6-16(10-18)14-29-22(30)9-8-21(28-29)17-11-19(26)13-20(27)12-17/h5-13H,14-15H2,1-4H3. The van der Waals surface area contributed by atoms with Crippen LogP contribution in [-0.2, 0) is 11.2 Å². The molecule has 1 aliphatic heterocycles. The Morgan fingerprint density at radius 1 is 1.03 bits per heavy atom. The van der Waals surface area contributed by atoms with Gasteiger partial charge in [-0.05, 0) is 54.8 Å². The van der Waals surface area contributed by atoms with Crippen molar-refractivity contribution in [1.82, 2.24) is 9.78 Å². The van der Waals surface area contributed by atoms with Gasteiger partial charge in [0.2, 0.25) is 0 Å². The van der Waals surface area contributed by atoms with E-state index < -0.39 is 11.6 Å². The monoisotopic (exact) mass is 422 g/mol. The molecule has 1 aromatic heterocycles. The third-order valence-electron chi connectivity index (χ3n) is 6.44. The van der Waals surface area contributed by atoms with Crippen molar-refractivity contribution in [2.45, 2.75) is 46.2 Å². The molecule has 0 atom stereocenters. The summed E-state index contributed by atoms with van der Waals surface area (Å²) in [5.41, 5.74) is 2.10. The number of rotatable bonds is 4. The van der Waals surface area contributed by atoms with Crippen molar-refractivity contribution in [2.75, 3.05) is 0 Å². The van der Waals surface area contributed by atoms with E-state index >= 15 is 0 Å². The van der Waals surface area contributed by atoms with Crippen molar-refractivity contribution in [2.24, 2.45) is 5.41 Å². The van der Waals surface area contributed by atoms with Gasteiger partial charge in [-0.1, -0.05) is 38.1 Å². The number of nitrogens with zero attached hydrogens (tertiary/aromatic N) is 2. The third-order valence-corrected chi connectivity index (χ3v) is 6.44. The molecule has 4 nitrogen and oxygen atoms in total. The van der Waals surface area contributed by atoms with E-state index in [1.165, 1.54) is 28.9 Å². The molecule has 1 fully saturated rings. The van der Waals surface area contributed by atoms with Gasteiger partial charge >= 0.3 is 6.92 Å². The fraction of sp³-hybridized carbons (Fsp3) is 0.333. The van der Waals surface area contributed by atoms with Crippen molar-refractivity contribution in [3.8, 4) is 11.3 Å². The topological polar surface area (TPSA) is 44.1 Å². The summed E-state index contributed by atoms with van der Waals surface area (Å²) in [6.07, 6.45) is 0.905. The highest BCUT2D eigenvalue weighted by atomic mass is 19.1. The molecule has 7 heteroatoms. The summed E-state index contributed by atoms with van der Waals surface area (Å²) < 4.78 is 34.8. The van der Waals surface area contributed by atoms with Gasteiger partial charge in [-0.2, -0.15) is 5.10 Å². The maximum atomic E-state index is 13.6. The van der Waals surface area contributed by atoms with Crippen LogP contribution in [0.15, 0.2) is 59.4 Å². The second-order valence-electron chi connectivity index (χ2n) is 9.32. The van der Waals surface area contributed by atoms with Crippen molar-refractivity contribution < 1.29 is 13.4 Å². The summed E-state index contributed by atoms with van der Waals surface area (Å²) in [4.78, 5) is 12.4. The molecule has 0 saturated carbocycles. The lowest BCUT2D eigenvalue weighted by atomic mass is 9.54. The first-order chi connectivity index (χ1) is 14.5. The number of hydrogen-bond donors (Lipinski definition) is 0. The van der Waals surface area contributed by atoms with Crippen LogP contribution >= 0.6 is 0 Å². The second kappa shape index (κ2) is 7.72. The van der Waals surface area contributed by atoms with Crippen molar-refractivity contribution in [3.63, 3.8) is 0 Å². The van der Waals surface area contributed by atoms with Crippen LogP contribution in [0.4, 0.5) is 8.78 Å². The van der Waals surface area contributed by atoms with E-state index in [1.54, 1.807) is 0 Å². The van der Waals surface area contributed by atoms with Crippen LogP contribution in [0.3, 0.4) is 0 Å². The lowest BCUT2D eigenvalue weighted by molar-refractivity contribution is 0.0375. The minimum atomic E-state index is -0.690. The Hall–Kier alpha value is -2.80. The van der Waals surface area contributed by atoms with Crippen molar-refractivity contribution >= 4 is 12.4 Å². The molecule has 0 spiro atoms. The van der Waals surface area contributed by atoms with Crippen LogP contribution in [0.5, 0.6) is 0 Å². The highest BCUT2D eigenvalue weighted by molar-refractivity contribution is 6.68. The maximum absolute atomic E-state index is 13.6. The summed E-state index contributed by atoms with van der Waals surface area (Å²) in [6, 6.07) is 14.0. The Morgan fingerprint density at radius 2 is 1.74 bits per heavy atom. The van der Waals surface area contributed by atoms with E-state index in [4.69, 9.17) is 4.65 Å². The average molecular weight is 422 g/mol. The molecular weight excluding hydrogens is 397 g/mol. The first-order valence-electron chi connectivity index (χ1n) is 10.4. The van der Waals surface area contributed by atoms with Gasteiger partial charge in [0.1, 0.15) is 11.6 Å². The van der Waals surface area contributed by atoms with E-state index in [-0.39, 0.29) is 35.6 Å². The van der Waals surface area contributed by atoms with Crippen LogP contribution < -0.4 is 11.0 Å². The molecule has 2 heterocycles. The highest BCUT2D eigenvalue weighted by Gasteiger charge is 2.49. The van der Waals surface area contributed by atoms with Crippen LogP contribution in [0, 0.1) is 17.0 Å². The molecule has 2 aromatic carbocycles. The van der Waals surface area contributed by atoms with E-state index in [9.17, 15) is 13.6 Å². The first kappa shape index (κ1) is 21.4. The van der Waals surface area contributed by atoms with Crippen molar-refractivity contribution in [1.29, 1.82) is 0 Å². The van der Waals surface area contributed by atoms with E-state index in [0.717, 1.165) is 23.4 Å². The third kappa shape index (κ3) is 4.33. The molecule has 160 valence electrons. The number of hydrogen-bond acceptors (Lipinski definition) is 3. The minimum Gasteiger partial charge on any atom is -0.426 e. The summed E-state index contributed by atoms with van der Waals surface area (Å²) in [5.74, 6) is -1.38. The fourth-order valence-electron chi connectivity index (χ4n) is 3.93. The lowest BCUT2D eigenvalue weighted by Gasteiger charge is -2.34. The van der Waals surface area contributed by atoms with Gasteiger partial charge in [0.05, 0.1) is 17.8 Å². The molecule has 1 aliphatic rings. The van der Waals surface area contributed by atoms with E-state index in [0.29, 0.717) is 5.69 Å². The van der Waals surface area contributed by atoms with Gasteiger partial charge in [0.15, 0.2) is 0 Å². The zero-order chi connectivity index (χ0) is 22.4. The average Bonchev–Trinajstić information content (AvgIpc) is 2.90. The molecule has 3 aromatic rings. The molecule has 4 rings (SSSR count). The smallest absolute Gasteiger partial charge is 0.327 e. The summed E-state index contributed by atoms with van der Waals surface area (Å²) >= 11 is 0. The van der Waals surface area contributed by atoms with Crippen LogP contribution in [-0.4, -0.2) is 22.3 Å². The Kier molecular flexibility index (Phi) is 5.34. The van der Waals surface area contributed by atoms with Gasteiger partial charge in [0, 0.05) is 17.7 Å². The largest absolute Gasteiger partial charge is 0.426 e. The first-order valence-corrected chi connectivity index (χ1v) is 10.4. The Balaban J connectivity index is 1.62. The number of halogens is 2. The van der Waals surface area contributed by atoms with Gasteiger partial charge in [-0.15, -0.1) is 0 Å². The van der Waals surface area contributed by atoms with E-state index in [1.807, 2.05) is 24.3 Å². The summed E-state index contributed by atoms with van der Waals surface area (Å²) in [7, 11) is 0. The molecule has 0 radical (unpaired) electrons. The number of aromatic nitrogens is 2. The van der Waals surface area contributed by atoms with Gasteiger partial charge in [-0.3, -0.25) is 4.79 Å². The van der Waals surface area contributed by atoms with Crippen LogP contribution in [0.2, 0.25) is 6.32 Å². The summed E-state index contributed by atoms with van der Waals surface area (Å²) in [6.45, 7) is 8.87. The van der Waals surface area contributed by atoms with Gasteiger partial charge < -0.3 is 4.65 Å². The Bertz CT molecular complexity index is 1150. The predicted octanol–water partition coefficient (Wildman–Crippen LogP) is 4.27. The van der Waals surface area contributed by atoms with Crippen LogP contribution in [0.1, 0.15) is 33.3 Å². The molecule has 0 aliphatic carbocycles. The molecule has 0 unspecified atom stereocenters. The summed E-state index contributed by atoms with van der Waals surface area (Å²) in [5, 5.41) is 4.33. The zero-order valence-corrected chi connectivity index (χ0v) is 18.2. The SMILES string of the molecule is CC1(C)CB(c2cccc(Cn3nc(-c4cc(F)cc(F)c4)ccc3=O)c2)OC1(C)C. The number of benzene rings is 2. The molecule has 31 heavy (non-hydrogen) atoms. The van der Waals surface area contributed by atoms with Crippen molar-refractivity contribution in [3.05, 3.63) is 82.1 Å². The normalized spacial score (nSPS) is 17.2. The Morgan fingerprint density at radius 3 is 2.39 bits per heavy atom. The molecule has 0 amide bonds. The van der Waals surface area contributed by atoms with Crippen LogP contribution in [0.25, 0.3) is 11.3 Å². The highest BCUT2D eigenvalue weighted by Crippen LogP contribution is 2.45. The molecule has 0 bridgehead atoms. The molecule has 1 saturated heterocycles. The molecular formula is C24H25BF2N2O2. The Labute approximate surface area is 181 Å². The zero-order valence-electron chi connectivity index (χ0n) is 18.2. The fourth-order valence-corrected chi connectivity index (χ4v) is 3.93. The minimum absolute atomic E-state index is 0.0174. The lowest BCUT2D eigenvalue weighted by Crippen LogP contribution is -2.36. The quantitative estimate of drug-likeness (QED) is 0.590. The van der Waals surface area contributed by atoms with Gasteiger partial charge in [0.25, 0.3) is 5.56 Å². The molecule has 0 N–H and O–H groups in total. The maximum Gasteiger partial charge on any atom is 0.327 e. The second-order valence-corrected chi connectivity index (χ2v) is 9.32.